The van der Waals surface area contributed by atoms with Crippen LogP contribution in [-0.2, 0) is 37.8 Å². The van der Waals surface area contributed by atoms with Gasteiger partial charge in [-0.05, 0) is 37.1 Å². The topological polar surface area (TPSA) is 294 Å². The first-order valence-corrected chi connectivity index (χ1v) is 20.1. The molecule has 0 aliphatic heterocycles. The van der Waals surface area contributed by atoms with Crippen molar-refractivity contribution in [2.75, 3.05) is 34.4 Å². The van der Waals surface area contributed by atoms with Crippen LogP contribution in [0.2, 0.25) is 0 Å². The number of nitrogens with two attached hydrogens (primary N) is 2. The number of nitrogens with zero attached hydrogens (tertiary/aromatic N) is 4. The van der Waals surface area contributed by atoms with Crippen molar-refractivity contribution in [1.29, 1.82) is 10.8 Å². The van der Waals surface area contributed by atoms with Crippen LogP contribution in [0.3, 0.4) is 0 Å². The standard InChI is InChI=1S/C41H58N14O6.ClH/c1-52-24-28(20-30(52)38(58)46-16-14-34(42)43)50-40(60)32-18-26(22-54(32)3)48-36(56)12-10-8-6-5-7-9-11-13-37(57)49-27-19-33(55(4)23-27)41(61)51-29-21-31(53(2)25-29)39(59)47-17-15-35(44)45;/h18-25H,5-17H2,1-4H3,(H3,42,43)(H3,44,45)(H,46,58)(H,47,59)(H,48,56)(H,49,57)(H,50,60)(H,51,61);1H. The van der Waals surface area contributed by atoms with Gasteiger partial charge in [-0.3, -0.25) is 39.6 Å². The van der Waals surface area contributed by atoms with Crippen molar-refractivity contribution in [1.82, 2.24) is 28.9 Å². The minimum Gasteiger partial charge on any atom is -0.388 e. The fourth-order valence-electron chi connectivity index (χ4n) is 6.53. The molecule has 0 saturated heterocycles. The first-order valence-electron chi connectivity index (χ1n) is 20.1. The Morgan fingerprint density at radius 3 is 1.03 bits per heavy atom. The number of aromatic nitrogens is 4. The normalized spacial score (nSPS) is 10.6. The number of carbonyl (C=O) groups is 6. The van der Waals surface area contributed by atoms with E-state index in [1.165, 1.54) is 0 Å². The summed E-state index contributed by atoms with van der Waals surface area (Å²) in [4.78, 5) is 76.2. The van der Waals surface area contributed by atoms with E-state index in [1.807, 2.05) is 0 Å². The first-order chi connectivity index (χ1) is 29.0. The van der Waals surface area contributed by atoms with E-state index < -0.39 is 11.8 Å². The van der Waals surface area contributed by atoms with Crippen LogP contribution in [0.1, 0.15) is 113 Å². The van der Waals surface area contributed by atoms with Crippen LogP contribution >= 0.6 is 12.4 Å². The van der Waals surface area contributed by atoms with Crippen molar-refractivity contribution in [3.05, 3.63) is 71.8 Å². The molecule has 0 radical (unpaired) electrons. The van der Waals surface area contributed by atoms with Gasteiger partial charge < -0.3 is 61.6 Å². The fourth-order valence-corrected chi connectivity index (χ4v) is 6.53. The fraction of sp³-hybridized carbons (Fsp3) is 0.415. The number of aryl methyl sites for hydroxylation is 4. The molecule has 0 fully saturated rings. The highest BCUT2D eigenvalue weighted by atomic mass is 35.5. The Kier molecular flexibility index (Phi) is 19.0. The van der Waals surface area contributed by atoms with Crippen LogP contribution in [-0.4, -0.2) is 78.5 Å². The molecule has 21 heteroatoms. The molecule has 0 aliphatic carbocycles. The summed E-state index contributed by atoms with van der Waals surface area (Å²) in [5, 5.41) is 31.2. The van der Waals surface area contributed by atoms with Gasteiger partial charge in [0.2, 0.25) is 11.8 Å². The molecule has 4 heterocycles. The van der Waals surface area contributed by atoms with Gasteiger partial charge in [-0.2, -0.15) is 0 Å². The first kappa shape index (κ1) is 49.5. The third-order valence-corrected chi connectivity index (χ3v) is 9.70. The molecule has 0 atom stereocenters. The van der Waals surface area contributed by atoms with Crippen LogP contribution in [0.25, 0.3) is 0 Å². The molecule has 0 saturated carbocycles. The highest BCUT2D eigenvalue weighted by molar-refractivity contribution is 6.06. The minimum atomic E-state index is -0.404. The van der Waals surface area contributed by atoms with E-state index in [0.29, 0.717) is 58.4 Å². The number of anilines is 4. The molecule has 4 rings (SSSR count). The second kappa shape index (κ2) is 23.8. The van der Waals surface area contributed by atoms with Gasteiger partial charge >= 0.3 is 0 Å². The van der Waals surface area contributed by atoms with E-state index in [2.05, 4.69) is 31.9 Å². The maximum Gasteiger partial charge on any atom is 0.272 e. The number of halogens is 1. The molecule has 6 amide bonds. The molecule has 4 aromatic rings. The Labute approximate surface area is 366 Å². The van der Waals surface area contributed by atoms with Crippen LogP contribution < -0.4 is 43.4 Å². The maximum absolute atomic E-state index is 13.0. The van der Waals surface area contributed by atoms with E-state index >= 15 is 0 Å². The quantitative estimate of drug-likeness (QED) is 0.0276. The second-order valence-electron chi connectivity index (χ2n) is 14.9. The zero-order valence-electron chi connectivity index (χ0n) is 35.6. The van der Waals surface area contributed by atoms with Gasteiger partial charge in [-0.25, -0.2) is 0 Å². The summed E-state index contributed by atoms with van der Waals surface area (Å²) in [5.41, 5.74) is 13.9. The third kappa shape index (κ3) is 15.3. The summed E-state index contributed by atoms with van der Waals surface area (Å²) in [5.74, 6) is -1.86. The summed E-state index contributed by atoms with van der Waals surface area (Å²) < 4.78 is 6.40. The Hall–Kier alpha value is -6.83. The maximum atomic E-state index is 13.0. The number of rotatable bonds is 24. The largest absolute Gasteiger partial charge is 0.388 e. The number of nitrogens with one attached hydrogen (secondary N) is 8. The zero-order valence-corrected chi connectivity index (χ0v) is 36.4. The summed E-state index contributed by atoms with van der Waals surface area (Å²) in [6, 6.07) is 6.29. The highest BCUT2D eigenvalue weighted by Gasteiger charge is 2.19. The van der Waals surface area contributed by atoms with E-state index in [1.54, 1.807) is 95.5 Å². The predicted octanol–water partition coefficient (Wildman–Crippen LogP) is 4.17. The lowest BCUT2D eigenvalue weighted by atomic mass is 10.1. The number of hydrogen-bond acceptors (Lipinski definition) is 8. The highest BCUT2D eigenvalue weighted by Crippen LogP contribution is 2.20. The van der Waals surface area contributed by atoms with Gasteiger partial charge in [-0.15, -0.1) is 12.4 Å². The number of hydrogen-bond donors (Lipinski definition) is 10. The summed E-state index contributed by atoms with van der Waals surface area (Å²) in [6.45, 7) is 0.455. The molecule has 12 N–H and O–H groups in total. The molecule has 0 unspecified atom stereocenters. The van der Waals surface area contributed by atoms with Crippen molar-refractivity contribution < 1.29 is 28.8 Å². The van der Waals surface area contributed by atoms with Gasteiger partial charge in [0.1, 0.15) is 22.8 Å². The third-order valence-electron chi connectivity index (χ3n) is 9.70. The average Bonchev–Trinajstić information content (AvgIpc) is 3.94. The molecular weight excluding hydrogens is 820 g/mol. The van der Waals surface area contributed by atoms with Gasteiger partial charge in [-0.1, -0.05) is 32.1 Å². The summed E-state index contributed by atoms with van der Waals surface area (Å²) in [7, 11) is 6.77. The van der Waals surface area contributed by atoms with Gasteiger partial charge in [0.25, 0.3) is 23.6 Å². The molecule has 336 valence electrons. The average molecular weight is 879 g/mol. The smallest absolute Gasteiger partial charge is 0.272 e. The van der Waals surface area contributed by atoms with Crippen LogP contribution in [0.5, 0.6) is 0 Å². The van der Waals surface area contributed by atoms with Gasteiger partial charge in [0.15, 0.2) is 0 Å². The van der Waals surface area contributed by atoms with Crippen molar-refractivity contribution in [3.63, 3.8) is 0 Å². The Balaban J connectivity index is 0.0000102. The van der Waals surface area contributed by atoms with E-state index in [0.717, 1.165) is 44.9 Å². The van der Waals surface area contributed by atoms with Crippen LogP contribution in [0, 0.1) is 10.8 Å². The van der Waals surface area contributed by atoms with E-state index in [9.17, 15) is 28.8 Å². The Morgan fingerprint density at radius 2 is 0.726 bits per heavy atom. The van der Waals surface area contributed by atoms with E-state index in [-0.39, 0.29) is 73.6 Å². The lowest BCUT2D eigenvalue weighted by Crippen LogP contribution is -2.28. The van der Waals surface area contributed by atoms with Crippen molar-refractivity contribution in [2.45, 2.75) is 70.6 Å². The zero-order chi connectivity index (χ0) is 44.6. The van der Waals surface area contributed by atoms with Crippen molar-refractivity contribution in [3.8, 4) is 0 Å². The molecule has 0 aliphatic rings. The molecule has 0 spiro atoms. The van der Waals surface area contributed by atoms with Gasteiger partial charge in [0, 0.05) is 91.8 Å². The molecular formula is C41H59ClN14O6. The monoisotopic (exact) mass is 878 g/mol. The SMILES string of the molecule is Cl.Cn1cc(NC(=O)c2cc(NC(=O)CCCCCCCCCC(=O)Nc3cc(C(=O)Nc4cc(C(=O)NCCC(=N)N)n(C)c4)n(C)c3)cn2C)cc1C(=O)NCCC(=N)N. The molecule has 0 bridgehead atoms. The molecule has 0 aromatic carbocycles. The Morgan fingerprint density at radius 1 is 0.452 bits per heavy atom. The Bertz CT molecular complexity index is 2100. The van der Waals surface area contributed by atoms with Crippen LogP contribution in [0.15, 0.2) is 49.1 Å². The lowest BCUT2D eigenvalue weighted by Gasteiger charge is -2.04. The minimum absolute atomic E-state index is 0. The van der Waals surface area contributed by atoms with Crippen molar-refractivity contribution >= 4 is 82.3 Å². The second-order valence-corrected chi connectivity index (χ2v) is 14.9. The van der Waals surface area contributed by atoms with E-state index in [4.69, 9.17) is 22.3 Å². The van der Waals surface area contributed by atoms with Crippen molar-refractivity contribution in [2.24, 2.45) is 39.7 Å². The van der Waals surface area contributed by atoms with Gasteiger partial charge in [0.05, 0.1) is 34.4 Å². The lowest BCUT2D eigenvalue weighted by molar-refractivity contribution is -0.117. The summed E-state index contributed by atoms with van der Waals surface area (Å²) >= 11 is 0. The number of carbonyl (C=O) groups excluding carboxylic acids is 6. The predicted molar refractivity (Wildman–Crippen MR) is 241 cm³/mol. The number of unbranched alkanes of at least 4 members (excludes halogenated alkanes) is 6. The number of amides is 6. The summed E-state index contributed by atoms with van der Waals surface area (Å²) in [6.07, 6.45) is 13.8. The number of amidine groups is 2. The molecule has 62 heavy (non-hydrogen) atoms. The molecule has 4 aromatic heterocycles. The van der Waals surface area contributed by atoms with Crippen LogP contribution in [0.4, 0.5) is 22.7 Å². The molecule has 20 nitrogen and oxygen atoms in total.